The Hall–Kier alpha value is -3.07. The summed E-state index contributed by atoms with van der Waals surface area (Å²) in [6, 6.07) is 10.2. The van der Waals surface area contributed by atoms with Crippen LogP contribution in [0.25, 0.3) is 0 Å². The van der Waals surface area contributed by atoms with Crippen molar-refractivity contribution in [1.82, 2.24) is 25.3 Å². The number of carbonyl (C=O) groups is 2. The van der Waals surface area contributed by atoms with Gasteiger partial charge >= 0.3 is 0 Å². The van der Waals surface area contributed by atoms with Gasteiger partial charge in [0.25, 0.3) is 0 Å². The Labute approximate surface area is 178 Å². The van der Waals surface area contributed by atoms with Crippen molar-refractivity contribution in [3.8, 4) is 0 Å². The monoisotopic (exact) mass is 424 g/mol. The highest BCUT2D eigenvalue weighted by Gasteiger charge is 2.25. The largest absolute Gasteiger partial charge is 0.349 e. The number of carbonyl (C=O) groups excluding carboxylic acids is 2. The minimum absolute atomic E-state index is 0.0559. The van der Waals surface area contributed by atoms with Gasteiger partial charge in [0.05, 0.1) is 18.8 Å². The van der Waals surface area contributed by atoms with E-state index in [1.807, 2.05) is 36.0 Å². The van der Waals surface area contributed by atoms with Crippen molar-refractivity contribution in [2.24, 2.45) is 0 Å². The summed E-state index contributed by atoms with van der Waals surface area (Å²) in [5, 5.41) is 19.3. The summed E-state index contributed by atoms with van der Waals surface area (Å²) in [7, 11) is 0. The first kappa shape index (κ1) is 20.2. The van der Waals surface area contributed by atoms with Gasteiger partial charge in [-0.05, 0) is 31.7 Å². The maximum Gasteiger partial charge on any atom is 0.226 e. The Morgan fingerprint density at radius 1 is 1.17 bits per heavy atom. The van der Waals surface area contributed by atoms with Crippen LogP contribution in [0.4, 0.5) is 5.13 Å². The number of benzene rings is 1. The smallest absolute Gasteiger partial charge is 0.226 e. The van der Waals surface area contributed by atoms with Crippen LogP contribution in [0.5, 0.6) is 0 Å². The molecule has 2 N–H and O–H groups in total. The third kappa shape index (κ3) is 4.91. The van der Waals surface area contributed by atoms with E-state index in [0.29, 0.717) is 5.13 Å². The molecule has 0 saturated heterocycles. The number of aryl methyl sites for hydroxylation is 1. The predicted octanol–water partition coefficient (Wildman–Crippen LogP) is 3.00. The molecule has 0 fully saturated rings. The molecule has 1 aromatic carbocycles. The lowest BCUT2D eigenvalue weighted by Crippen LogP contribution is -2.31. The van der Waals surface area contributed by atoms with Crippen molar-refractivity contribution in [1.29, 1.82) is 0 Å². The van der Waals surface area contributed by atoms with Crippen molar-refractivity contribution < 1.29 is 9.59 Å². The average Bonchev–Trinajstić information content (AvgIpc) is 3.34. The van der Waals surface area contributed by atoms with Crippen LogP contribution in [0.15, 0.2) is 36.5 Å². The first-order valence-electron chi connectivity index (χ1n) is 10.1. The highest BCUT2D eigenvalue weighted by molar-refractivity contribution is 7.15. The molecule has 0 aliphatic heterocycles. The van der Waals surface area contributed by atoms with E-state index in [-0.39, 0.29) is 30.7 Å². The topological polar surface area (TPSA) is 102 Å². The van der Waals surface area contributed by atoms with E-state index in [1.165, 1.54) is 22.6 Å². The zero-order chi connectivity index (χ0) is 20.9. The van der Waals surface area contributed by atoms with Gasteiger partial charge < -0.3 is 10.6 Å². The minimum atomic E-state index is -0.235. The lowest BCUT2D eigenvalue weighted by molar-refractivity contribution is -0.125. The fourth-order valence-corrected chi connectivity index (χ4v) is 4.29. The van der Waals surface area contributed by atoms with Crippen LogP contribution in [0.2, 0.25) is 0 Å². The standard InChI is InChI=1S/C21H24N6O2S/c1-14-25-26-21(30-14)24-20(29)11-10-19(28)23-17-8-5-9-18-16(17)12-22-27(18)13-15-6-3-2-4-7-15/h2-4,6-7,12,17H,5,8-11,13H2,1H3,(H,23,28)(H,24,26,29)/t17-/m0/s1. The van der Waals surface area contributed by atoms with E-state index in [2.05, 4.69) is 38.1 Å². The fraction of sp³-hybridized carbons (Fsp3) is 0.381. The molecule has 9 heteroatoms. The second-order valence-corrected chi connectivity index (χ2v) is 8.56. The van der Waals surface area contributed by atoms with Gasteiger partial charge in [0, 0.05) is 24.1 Å². The molecule has 1 atom stereocenters. The molecular formula is C21H24N6O2S. The van der Waals surface area contributed by atoms with Gasteiger partial charge in [-0.2, -0.15) is 5.10 Å². The normalized spacial score (nSPS) is 15.4. The summed E-state index contributed by atoms with van der Waals surface area (Å²) < 4.78 is 2.03. The third-order valence-corrected chi connectivity index (χ3v) is 5.88. The molecule has 1 aliphatic carbocycles. The van der Waals surface area contributed by atoms with Crippen LogP contribution in [0.3, 0.4) is 0 Å². The Bertz CT molecular complexity index is 1030. The number of hydrogen-bond acceptors (Lipinski definition) is 6. The van der Waals surface area contributed by atoms with Gasteiger partial charge in [0.15, 0.2) is 0 Å². The summed E-state index contributed by atoms with van der Waals surface area (Å²) in [6.45, 7) is 2.54. The van der Waals surface area contributed by atoms with E-state index >= 15 is 0 Å². The summed E-state index contributed by atoms with van der Waals surface area (Å²) in [5.41, 5.74) is 3.46. The third-order valence-electron chi connectivity index (χ3n) is 5.12. The first-order chi connectivity index (χ1) is 14.6. The zero-order valence-corrected chi connectivity index (χ0v) is 17.6. The first-order valence-corrected chi connectivity index (χ1v) is 10.9. The van der Waals surface area contributed by atoms with E-state index in [9.17, 15) is 9.59 Å². The minimum Gasteiger partial charge on any atom is -0.349 e. The number of nitrogens with zero attached hydrogens (tertiary/aromatic N) is 4. The van der Waals surface area contributed by atoms with Gasteiger partial charge in [0.1, 0.15) is 5.01 Å². The van der Waals surface area contributed by atoms with E-state index in [0.717, 1.165) is 36.4 Å². The van der Waals surface area contributed by atoms with Crippen molar-refractivity contribution in [2.45, 2.75) is 51.6 Å². The molecule has 0 bridgehead atoms. The van der Waals surface area contributed by atoms with Gasteiger partial charge in [0.2, 0.25) is 16.9 Å². The lowest BCUT2D eigenvalue weighted by atomic mass is 9.92. The molecule has 8 nitrogen and oxygen atoms in total. The number of hydrogen-bond donors (Lipinski definition) is 2. The Morgan fingerprint density at radius 2 is 1.97 bits per heavy atom. The number of nitrogens with one attached hydrogen (secondary N) is 2. The Kier molecular flexibility index (Phi) is 6.18. The number of fused-ring (bicyclic) bond motifs is 1. The van der Waals surface area contributed by atoms with E-state index in [4.69, 9.17) is 0 Å². The number of anilines is 1. The van der Waals surface area contributed by atoms with Gasteiger partial charge in [-0.25, -0.2) is 0 Å². The molecule has 0 unspecified atom stereocenters. The highest BCUT2D eigenvalue weighted by Crippen LogP contribution is 2.30. The highest BCUT2D eigenvalue weighted by atomic mass is 32.1. The second-order valence-electron chi connectivity index (χ2n) is 7.38. The van der Waals surface area contributed by atoms with Crippen LogP contribution in [0.1, 0.15) is 53.6 Å². The molecule has 30 heavy (non-hydrogen) atoms. The molecule has 2 amide bonds. The Morgan fingerprint density at radius 3 is 2.73 bits per heavy atom. The molecule has 0 radical (unpaired) electrons. The summed E-state index contributed by atoms with van der Waals surface area (Å²) >= 11 is 1.31. The van der Waals surface area contributed by atoms with Crippen LogP contribution in [-0.4, -0.2) is 31.8 Å². The van der Waals surface area contributed by atoms with Crippen molar-refractivity contribution >= 4 is 28.3 Å². The summed E-state index contributed by atoms with van der Waals surface area (Å²) in [5.74, 6) is -0.367. The van der Waals surface area contributed by atoms with Crippen molar-refractivity contribution in [2.75, 3.05) is 5.32 Å². The Balaban J connectivity index is 1.32. The second kappa shape index (κ2) is 9.17. The molecule has 0 saturated carbocycles. The molecule has 156 valence electrons. The average molecular weight is 425 g/mol. The van der Waals surface area contributed by atoms with Crippen LogP contribution in [0, 0.1) is 6.92 Å². The van der Waals surface area contributed by atoms with Gasteiger partial charge in [-0.1, -0.05) is 41.7 Å². The quantitative estimate of drug-likeness (QED) is 0.607. The van der Waals surface area contributed by atoms with Crippen LogP contribution >= 0.6 is 11.3 Å². The van der Waals surface area contributed by atoms with Gasteiger partial charge in [-0.15, -0.1) is 10.2 Å². The molecule has 0 spiro atoms. The van der Waals surface area contributed by atoms with Gasteiger partial charge in [-0.3, -0.25) is 14.3 Å². The molecule has 2 heterocycles. The van der Waals surface area contributed by atoms with Crippen LogP contribution < -0.4 is 10.6 Å². The van der Waals surface area contributed by atoms with Crippen molar-refractivity contribution in [3.63, 3.8) is 0 Å². The molecule has 2 aromatic heterocycles. The molecule has 3 aromatic rings. The van der Waals surface area contributed by atoms with E-state index in [1.54, 1.807) is 0 Å². The van der Waals surface area contributed by atoms with Crippen LogP contribution in [-0.2, 0) is 22.6 Å². The predicted molar refractivity (Wildman–Crippen MR) is 114 cm³/mol. The maximum atomic E-state index is 12.4. The zero-order valence-electron chi connectivity index (χ0n) is 16.8. The number of amides is 2. The molecular weight excluding hydrogens is 400 g/mol. The summed E-state index contributed by atoms with van der Waals surface area (Å²) in [4.78, 5) is 24.5. The van der Waals surface area contributed by atoms with E-state index < -0.39 is 0 Å². The lowest BCUT2D eigenvalue weighted by Gasteiger charge is -2.24. The van der Waals surface area contributed by atoms with Crippen molar-refractivity contribution in [3.05, 3.63) is 58.4 Å². The fourth-order valence-electron chi connectivity index (χ4n) is 3.68. The number of rotatable bonds is 7. The maximum absolute atomic E-state index is 12.4. The molecule has 1 aliphatic rings. The molecule has 4 rings (SSSR count). The SMILES string of the molecule is Cc1nnc(NC(=O)CCC(=O)N[C@H]2CCCc3c2cnn3Cc2ccccc2)s1. The number of aromatic nitrogens is 4. The summed E-state index contributed by atoms with van der Waals surface area (Å²) in [6.07, 6.45) is 4.94.